The third-order valence-corrected chi connectivity index (χ3v) is 2.39. The van der Waals surface area contributed by atoms with Gasteiger partial charge in [-0.2, -0.15) is 0 Å². The van der Waals surface area contributed by atoms with Crippen molar-refractivity contribution in [2.24, 2.45) is 5.16 Å². The first kappa shape index (κ1) is 14.3. The predicted molar refractivity (Wildman–Crippen MR) is 68.1 cm³/mol. The van der Waals surface area contributed by atoms with Crippen molar-refractivity contribution in [3.05, 3.63) is 42.5 Å². The molecule has 0 aliphatic heterocycles. The van der Waals surface area contributed by atoms with E-state index in [1.54, 1.807) is 17.7 Å². The van der Waals surface area contributed by atoms with Crippen LogP contribution in [0.4, 0.5) is 4.39 Å². The van der Waals surface area contributed by atoms with E-state index in [2.05, 4.69) is 16.7 Å². The van der Waals surface area contributed by atoms with Crippen LogP contribution in [0, 0.1) is 5.82 Å². The Morgan fingerprint density at radius 1 is 1.67 bits per heavy atom. The Morgan fingerprint density at radius 3 is 2.83 bits per heavy atom. The van der Waals surface area contributed by atoms with Crippen molar-refractivity contribution >= 4 is 12.8 Å². The Kier molecular flexibility index (Phi) is 5.48. The highest BCUT2D eigenvalue weighted by Crippen LogP contribution is 2.03. The molecule has 18 heavy (non-hydrogen) atoms. The molecule has 0 aromatic carbocycles. The lowest BCUT2D eigenvalue weighted by Crippen LogP contribution is -2.41. The normalized spacial score (nSPS) is 11.7. The fourth-order valence-electron chi connectivity index (χ4n) is 1.42. The molecule has 0 aliphatic rings. The van der Waals surface area contributed by atoms with Gasteiger partial charge < -0.3 is 15.0 Å². The number of aromatic nitrogens is 1. The molecule has 0 unspecified atom stereocenters. The quantitative estimate of drug-likeness (QED) is 0.260. The molecular weight excluding hydrogens is 236 g/mol. The van der Waals surface area contributed by atoms with Gasteiger partial charge in [0.15, 0.2) is 0 Å². The van der Waals surface area contributed by atoms with Crippen LogP contribution in [0.2, 0.25) is 6.82 Å². The molecule has 96 valence electrons. The summed E-state index contributed by atoms with van der Waals surface area (Å²) < 4.78 is 12.7. The second-order valence-corrected chi connectivity index (χ2v) is 3.76. The second-order valence-electron chi connectivity index (χ2n) is 3.76. The maximum Gasteiger partial charge on any atom is 0.377 e. The van der Waals surface area contributed by atoms with Gasteiger partial charge in [0.25, 0.3) is 0 Å². The van der Waals surface area contributed by atoms with Crippen molar-refractivity contribution in [1.29, 1.82) is 0 Å². The molecule has 1 aromatic rings. The number of oxime groups is 1. The number of pyridine rings is 1. The molecule has 0 atom stereocenters. The number of hydrogen-bond acceptors (Lipinski definition) is 5. The molecule has 0 saturated carbocycles. The van der Waals surface area contributed by atoms with Gasteiger partial charge in [-0.1, -0.05) is 11.2 Å². The van der Waals surface area contributed by atoms with Gasteiger partial charge in [-0.15, -0.1) is 6.58 Å². The third-order valence-electron chi connectivity index (χ3n) is 2.39. The molecule has 1 heterocycles. The van der Waals surface area contributed by atoms with Crippen LogP contribution in [0.25, 0.3) is 0 Å². The minimum atomic E-state index is -0.722. The van der Waals surface area contributed by atoms with Crippen LogP contribution < -0.4 is 0 Å². The summed E-state index contributed by atoms with van der Waals surface area (Å²) in [6, 6.07) is 2.65. The summed E-state index contributed by atoms with van der Waals surface area (Å²) in [5.74, 6) is -0.463. The summed E-state index contributed by atoms with van der Waals surface area (Å²) >= 11 is 0. The minimum absolute atomic E-state index is 0.179. The minimum Gasteiger partial charge on any atom is -0.437 e. The maximum atomic E-state index is 12.7. The highest BCUT2D eigenvalue weighted by molar-refractivity contribution is 6.45. The van der Waals surface area contributed by atoms with Crippen LogP contribution in [0.15, 0.2) is 36.1 Å². The lowest BCUT2D eigenvalue weighted by molar-refractivity contribution is 0.315. The molecule has 2 N–H and O–H groups in total. The molecule has 1 rings (SSSR count). The molecule has 0 aliphatic carbocycles. The summed E-state index contributed by atoms with van der Waals surface area (Å²) in [6.07, 6.45) is 2.67. The number of rotatable bonds is 6. The summed E-state index contributed by atoms with van der Waals surface area (Å²) in [4.78, 5) is 5.44. The lowest BCUT2D eigenvalue weighted by atomic mass is 9.84. The van der Waals surface area contributed by atoms with E-state index in [1.807, 2.05) is 0 Å². The Labute approximate surface area is 105 Å². The van der Waals surface area contributed by atoms with Crippen molar-refractivity contribution in [3.63, 3.8) is 0 Å². The zero-order valence-corrected chi connectivity index (χ0v) is 10.1. The summed E-state index contributed by atoms with van der Waals surface area (Å²) in [7, 11) is -0.722. The lowest BCUT2D eigenvalue weighted by Gasteiger charge is -2.21. The Balaban J connectivity index is 2.84. The summed E-state index contributed by atoms with van der Waals surface area (Å²) in [5.41, 5.74) is 0.603. The average molecular weight is 251 g/mol. The predicted octanol–water partition coefficient (Wildman–Crippen LogP) is 0.997. The van der Waals surface area contributed by atoms with E-state index >= 15 is 0 Å². The largest absolute Gasteiger partial charge is 0.437 e. The first-order valence-corrected chi connectivity index (χ1v) is 5.44. The molecule has 0 bridgehead atoms. The first-order valence-electron chi connectivity index (χ1n) is 5.44. The smallest absolute Gasteiger partial charge is 0.377 e. The van der Waals surface area contributed by atoms with Gasteiger partial charge in [0.2, 0.25) is 0 Å². The highest BCUT2D eigenvalue weighted by Gasteiger charge is 2.18. The average Bonchev–Trinajstić information content (AvgIpc) is 2.35. The van der Waals surface area contributed by atoms with Crippen molar-refractivity contribution in [2.75, 3.05) is 13.1 Å². The fraction of sp³-hybridized carbons (Fsp3) is 0.273. The van der Waals surface area contributed by atoms with Gasteiger partial charge in [0.05, 0.1) is 11.9 Å². The molecule has 5 nitrogen and oxygen atoms in total. The van der Waals surface area contributed by atoms with E-state index in [0.717, 1.165) is 6.20 Å². The molecule has 0 fully saturated rings. The van der Waals surface area contributed by atoms with Crippen LogP contribution in [0.3, 0.4) is 0 Å². The van der Waals surface area contributed by atoms with Gasteiger partial charge in [0, 0.05) is 13.1 Å². The van der Waals surface area contributed by atoms with Crippen LogP contribution in [-0.2, 0) is 0 Å². The zero-order valence-electron chi connectivity index (χ0n) is 10.1. The standard InChI is InChI=1S/C11H15BFN3O2/c1-3-6-16(12(2)17)8-11(15-18)10-5-4-9(13)7-14-10/h3-5,7,17-18H,1,6,8H2,2H3/b15-11-. The van der Waals surface area contributed by atoms with Gasteiger partial charge in [-0.25, -0.2) is 4.39 Å². The second kappa shape index (κ2) is 6.88. The Morgan fingerprint density at radius 2 is 2.39 bits per heavy atom. The molecule has 0 saturated heterocycles. The number of hydrogen-bond donors (Lipinski definition) is 2. The topological polar surface area (TPSA) is 69.0 Å². The van der Waals surface area contributed by atoms with Crippen LogP contribution in [0.5, 0.6) is 0 Å². The van der Waals surface area contributed by atoms with E-state index in [1.165, 1.54) is 12.1 Å². The van der Waals surface area contributed by atoms with Crippen molar-refractivity contribution in [2.45, 2.75) is 6.82 Å². The zero-order chi connectivity index (χ0) is 13.5. The first-order chi connectivity index (χ1) is 8.58. The number of halogens is 1. The van der Waals surface area contributed by atoms with Gasteiger partial charge >= 0.3 is 7.05 Å². The van der Waals surface area contributed by atoms with Crippen molar-refractivity contribution < 1.29 is 14.6 Å². The molecule has 0 spiro atoms. The fourth-order valence-corrected chi connectivity index (χ4v) is 1.42. The Hall–Kier alpha value is -1.73. The van der Waals surface area contributed by atoms with Gasteiger partial charge in [0.1, 0.15) is 11.5 Å². The van der Waals surface area contributed by atoms with Crippen LogP contribution in [0.1, 0.15) is 5.69 Å². The van der Waals surface area contributed by atoms with E-state index in [-0.39, 0.29) is 12.3 Å². The van der Waals surface area contributed by atoms with E-state index in [0.29, 0.717) is 12.2 Å². The molecular formula is C11H15BFN3O2. The highest BCUT2D eigenvalue weighted by atomic mass is 19.1. The van der Waals surface area contributed by atoms with Gasteiger partial charge in [-0.3, -0.25) is 4.98 Å². The molecule has 0 amide bonds. The number of nitrogens with zero attached hydrogens (tertiary/aromatic N) is 3. The van der Waals surface area contributed by atoms with E-state index in [9.17, 15) is 9.41 Å². The SMILES string of the molecule is C=CCN(C/C(=N/O)c1ccc(F)cn1)B(C)O. The van der Waals surface area contributed by atoms with E-state index in [4.69, 9.17) is 5.21 Å². The molecule has 7 heteroatoms. The molecule has 1 aromatic heterocycles. The van der Waals surface area contributed by atoms with Crippen LogP contribution >= 0.6 is 0 Å². The Bertz CT molecular complexity index is 423. The molecule has 0 radical (unpaired) electrons. The third kappa shape index (κ3) is 3.94. The summed E-state index contributed by atoms with van der Waals surface area (Å²) in [5, 5.41) is 21.6. The van der Waals surface area contributed by atoms with E-state index < -0.39 is 12.9 Å². The van der Waals surface area contributed by atoms with Crippen LogP contribution in [-0.4, -0.2) is 45.9 Å². The summed E-state index contributed by atoms with van der Waals surface area (Å²) in [6.45, 7) is 5.78. The monoisotopic (exact) mass is 251 g/mol. The van der Waals surface area contributed by atoms with Crippen molar-refractivity contribution in [1.82, 2.24) is 9.79 Å². The van der Waals surface area contributed by atoms with Crippen molar-refractivity contribution in [3.8, 4) is 0 Å². The van der Waals surface area contributed by atoms with Gasteiger partial charge in [-0.05, 0) is 19.0 Å². The maximum absolute atomic E-state index is 12.7.